The van der Waals surface area contributed by atoms with Crippen molar-refractivity contribution in [2.24, 2.45) is 0 Å². The van der Waals surface area contributed by atoms with Crippen molar-refractivity contribution in [3.8, 4) is 11.4 Å². The molecule has 1 fully saturated rings. The lowest BCUT2D eigenvalue weighted by atomic mass is 9.96. The molecule has 4 rings (SSSR count). The molecule has 0 saturated heterocycles. The van der Waals surface area contributed by atoms with Crippen molar-refractivity contribution < 1.29 is 8.91 Å². The molecule has 0 aliphatic heterocycles. The van der Waals surface area contributed by atoms with Crippen LogP contribution >= 0.6 is 0 Å². The minimum Gasteiger partial charge on any atom is -0.383 e. The zero-order valence-corrected chi connectivity index (χ0v) is 14.5. The third kappa shape index (κ3) is 2.50. The molecule has 2 aromatic heterocycles. The third-order valence-electron chi connectivity index (χ3n) is 4.65. The van der Waals surface area contributed by atoms with Crippen LogP contribution in [0.15, 0.2) is 35.0 Å². The highest BCUT2D eigenvalue weighted by molar-refractivity contribution is 5.67. The van der Waals surface area contributed by atoms with Crippen molar-refractivity contribution in [3.63, 3.8) is 0 Å². The van der Waals surface area contributed by atoms with Crippen LogP contribution in [0.25, 0.3) is 11.4 Å². The molecule has 1 aliphatic carbocycles. The first-order valence-electron chi connectivity index (χ1n) is 8.26. The van der Waals surface area contributed by atoms with Gasteiger partial charge in [0, 0.05) is 0 Å². The second kappa shape index (κ2) is 5.15. The van der Waals surface area contributed by atoms with Gasteiger partial charge in [-0.05, 0) is 51.3 Å². The maximum Gasteiger partial charge on any atom is 0.237 e. The summed E-state index contributed by atoms with van der Waals surface area (Å²) in [5.41, 5.74) is 7.09. The van der Waals surface area contributed by atoms with Gasteiger partial charge in [0.25, 0.3) is 0 Å². The summed E-state index contributed by atoms with van der Waals surface area (Å²) >= 11 is 0. The maximum atomic E-state index is 13.6. The Hall–Kier alpha value is -2.70. The summed E-state index contributed by atoms with van der Waals surface area (Å²) in [6.45, 7) is 6.06. The van der Waals surface area contributed by atoms with Crippen LogP contribution in [0.2, 0.25) is 0 Å². The van der Waals surface area contributed by atoms with Crippen molar-refractivity contribution in [2.75, 3.05) is 5.73 Å². The van der Waals surface area contributed by atoms with Crippen molar-refractivity contribution in [1.29, 1.82) is 0 Å². The summed E-state index contributed by atoms with van der Waals surface area (Å²) in [6, 6.07) is 6.56. The SMILES string of the molecule is CC(C)(C)n1ncc(-c2noc(C3(c4cccc(F)c4)CC3)n2)c1N. The Morgan fingerprint density at radius 1 is 1.28 bits per heavy atom. The van der Waals surface area contributed by atoms with Gasteiger partial charge in [0.1, 0.15) is 11.6 Å². The molecule has 1 aliphatic rings. The van der Waals surface area contributed by atoms with Gasteiger partial charge in [0.15, 0.2) is 0 Å². The zero-order valence-electron chi connectivity index (χ0n) is 14.5. The maximum absolute atomic E-state index is 13.6. The largest absolute Gasteiger partial charge is 0.383 e. The van der Waals surface area contributed by atoms with E-state index < -0.39 is 0 Å². The predicted molar refractivity (Wildman–Crippen MR) is 91.3 cm³/mol. The van der Waals surface area contributed by atoms with Gasteiger partial charge in [-0.2, -0.15) is 10.1 Å². The van der Waals surface area contributed by atoms with Gasteiger partial charge in [0.05, 0.1) is 22.7 Å². The first-order chi connectivity index (χ1) is 11.8. The van der Waals surface area contributed by atoms with Crippen molar-refractivity contribution >= 4 is 5.82 Å². The highest BCUT2D eigenvalue weighted by Gasteiger charge is 2.51. The Balaban J connectivity index is 1.71. The number of benzene rings is 1. The first-order valence-corrected chi connectivity index (χ1v) is 8.26. The van der Waals surface area contributed by atoms with Crippen LogP contribution in [0.5, 0.6) is 0 Å². The molecular weight excluding hydrogens is 321 g/mol. The fraction of sp³-hybridized carbons (Fsp3) is 0.389. The topological polar surface area (TPSA) is 82.8 Å². The Bertz CT molecular complexity index is 933. The molecule has 130 valence electrons. The molecule has 0 amide bonds. The fourth-order valence-corrected chi connectivity index (χ4v) is 3.13. The van der Waals surface area contributed by atoms with Gasteiger partial charge in [-0.25, -0.2) is 9.07 Å². The average molecular weight is 341 g/mol. The molecule has 6 nitrogen and oxygen atoms in total. The van der Waals surface area contributed by atoms with Crippen LogP contribution in [0, 0.1) is 5.82 Å². The van der Waals surface area contributed by atoms with Gasteiger partial charge < -0.3 is 10.3 Å². The molecule has 0 atom stereocenters. The van der Waals surface area contributed by atoms with Gasteiger partial charge in [-0.15, -0.1) is 0 Å². The average Bonchev–Trinajstić information content (AvgIpc) is 3.03. The van der Waals surface area contributed by atoms with Gasteiger partial charge in [-0.1, -0.05) is 17.3 Å². The predicted octanol–water partition coefficient (Wildman–Crippen LogP) is 3.49. The normalized spacial score (nSPS) is 16.2. The highest BCUT2D eigenvalue weighted by Crippen LogP contribution is 2.53. The number of hydrogen-bond donors (Lipinski definition) is 1. The zero-order chi connectivity index (χ0) is 17.8. The van der Waals surface area contributed by atoms with Crippen molar-refractivity contribution in [1.82, 2.24) is 19.9 Å². The van der Waals surface area contributed by atoms with Crippen LogP contribution in [0.1, 0.15) is 45.1 Å². The van der Waals surface area contributed by atoms with Crippen molar-refractivity contribution in [3.05, 3.63) is 47.7 Å². The number of anilines is 1. The lowest BCUT2D eigenvalue weighted by Crippen LogP contribution is -2.24. The molecule has 25 heavy (non-hydrogen) atoms. The Labute approximate surface area is 144 Å². The number of nitrogens with two attached hydrogens (primary N) is 1. The molecule has 0 radical (unpaired) electrons. The lowest BCUT2D eigenvalue weighted by Gasteiger charge is -2.20. The van der Waals surface area contributed by atoms with E-state index in [1.165, 1.54) is 12.1 Å². The van der Waals surface area contributed by atoms with E-state index in [9.17, 15) is 4.39 Å². The number of hydrogen-bond acceptors (Lipinski definition) is 5. The molecule has 1 saturated carbocycles. The third-order valence-corrected chi connectivity index (χ3v) is 4.65. The monoisotopic (exact) mass is 341 g/mol. The molecule has 3 aromatic rings. The Kier molecular flexibility index (Phi) is 3.25. The van der Waals surface area contributed by atoms with E-state index in [1.807, 2.05) is 26.8 Å². The second-order valence-corrected chi connectivity index (χ2v) is 7.54. The standard InChI is InChI=1S/C18H20FN5O/c1-17(2,3)24-14(20)13(10-21-24)15-22-16(25-23-15)18(7-8-18)11-5-4-6-12(19)9-11/h4-6,9-10H,7-8,20H2,1-3H3. The molecule has 2 N–H and O–H groups in total. The van der Waals surface area contributed by atoms with Crippen LogP contribution < -0.4 is 5.73 Å². The molecule has 2 heterocycles. The summed E-state index contributed by atoms with van der Waals surface area (Å²) in [6.07, 6.45) is 3.36. The van der Waals surface area contributed by atoms with Crippen LogP contribution in [-0.4, -0.2) is 19.9 Å². The molecule has 0 spiro atoms. The van der Waals surface area contributed by atoms with E-state index in [0.29, 0.717) is 23.1 Å². The number of nitrogen functional groups attached to an aromatic ring is 1. The summed E-state index contributed by atoms with van der Waals surface area (Å²) in [5, 5.41) is 8.42. The van der Waals surface area contributed by atoms with E-state index in [1.54, 1.807) is 16.9 Å². The van der Waals surface area contributed by atoms with Crippen LogP contribution in [0.4, 0.5) is 10.2 Å². The Morgan fingerprint density at radius 2 is 2.04 bits per heavy atom. The van der Waals surface area contributed by atoms with Gasteiger partial charge in [-0.3, -0.25) is 0 Å². The summed E-state index contributed by atoms with van der Waals surface area (Å²) < 4.78 is 20.8. The van der Waals surface area contributed by atoms with E-state index in [0.717, 1.165) is 18.4 Å². The number of aromatic nitrogens is 4. The smallest absolute Gasteiger partial charge is 0.237 e. The molecule has 0 unspecified atom stereocenters. The quantitative estimate of drug-likeness (QED) is 0.788. The minimum atomic E-state index is -0.387. The number of halogens is 1. The van der Waals surface area contributed by atoms with Crippen molar-refractivity contribution in [2.45, 2.75) is 44.6 Å². The van der Waals surface area contributed by atoms with E-state index in [-0.39, 0.29) is 16.8 Å². The highest BCUT2D eigenvalue weighted by atomic mass is 19.1. The molecule has 1 aromatic carbocycles. The Morgan fingerprint density at radius 3 is 2.64 bits per heavy atom. The molecule has 0 bridgehead atoms. The summed E-state index contributed by atoms with van der Waals surface area (Å²) in [5.74, 6) is 1.14. The summed E-state index contributed by atoms with van der Waals surface area (Å²) in [4.78, 5) is 4.54. The van der Waals surface area contributed by atoms with Crippen LogP contribution in [0.3, 0.4) is 0 Å². The van der Waals surface area contributed by atoms with Crippen LogP contribution in [-0.2, 0) is 11.0 Å². The second-order valence-electron chi connectivity index (χ2n) is 7.54. The van der Waals surface area contributed by atoms with E-state index >= 15 is 0 Å². The fourth-order valence-electron chi connectivity index (χ4n) is 3.13. The number of nitrogens with zero attached hydrogens (tertiary/aromatic N) is 4. The van der Waals surface area contributed by atoms with E-state index in [2.05, 4.69) is 15.2 Å². The molecular formula is C18H20FN5O. The molecule has 7 heteroatoms. The lowest BCUT2D eigenvalue weighted by molar-refractivity contribution is 0.359. The van der Waals surface area contributed by atoms with Gasteiger partial charge >= 0.3 is 0 Å². The summed E-state index contributed by atoms with van der Waals surface area (Å²) in [7, 11) is 0. The van der Waals surface area contributed by atoms with Gasteiger partial charge in [0.2, 0.25) is 11.7 Å². The van der Waals surface area contributed by atoms with E-state index in [4.69, 9.17) is 10.3 Å². The first kappa shape index (κ1) is 15.8. The minimum absolute atomic E-state index is 0.242. The number of rotatable bonds is 3.